The molecule has 0 unspecified atom stereocenters. The van der Waals surface area contributed by atoms with Crippen LogP contribution in [-0.4, -0.2) is 20.1 Å². The smallest absolute Gasteiger partial charge is 0.0471 e. The highest BCUT2D eigenvalue weighted by molar-refractivity contribution is 6.31. The lowest BCUT2D eigenvalue weighted by atomic mass is 9.86. The fraction of sp³-hybridized carbons (Fsp3) is 0.625. The monoisotopic (exact) mass is 280 g/mol. The molecule has 0 amide bonds. The Kier molecular flexibility index (Phi) is 5.12. The summed E-state index contributed by atoms with van der Waals surface area (Å²) in [6, 6.07) is 6.46. The Labute approximate surface area is 122 Å². The van der Waals surface area contributed by atoms with Gasteiger partial charge in [-0.3, -0.25) is 0 Å². The SMILES string of the molecule is CNCc1ccc(N2CCC(C(C)C)CC2)cc1Cl. The average Bonchev–Trinajstić information content (AvgIpc) is 2.41. The van der Waals surface area contributed by atoms with Crippen LogP contribution in [-0.2, 0) is 6.54 Å². The standard InChI is InChI=1S/C16H25ClN2/c1-12(2)13-6-8-19(9-7-13)15-5-4-14(11-18-3)16(17)10-15/h4-5,10,12-13,18H,6-9,11H2,1-3H3. The van der Waals surface area contributed by atoms with E-state index in [0.29, 0.717) is 0 Å². The van der Waals surface area contributed by atoms with Crippen LogP contribution in [0.5, 0.6) is 0 Å². The minimum absolute atomic E-state index is 0.809. The normalized spacial score (nSPS) is 17.2. The van der Waals surface area contributed by atoms with E-state index >= 15 is 0 Å². The first-order chi connectivity index (χ1) is 9.11. The lowest BCUT2D eigenvalue weighted by molar-refractivity contribution is 0.311. The molecule has 1 saturated heterocycles. The van der Waals surface area contributed by atoms with Gasteiger partial charge in [0.15, 0.2) is 0 Å². The van der Waals surface area contributed by atoms with Crippen LogP contribution in [0.1, 0.15) is 32.3 Å². The predicted molar refractivity (Wildman–Crippen MR) is 84.0 cm³/mol. The number of halogens is 1. The summed E-state index contributed by atoms with van der Waals surface area (Å²) in [6.45, 7) is 7.82. The Hall–Kier alpha value is -0.730. The zero-order valence-electron chi connectivity index (χ0n) is 12.2. The van der Waals surface area contributed by atoms with Gasteiger partial charge in [0, 0.05) is 30.3 Å². The molecule has 1 aromatic carbocycles. The highest BCUT2D eigenvalue weighted by atomic mass is 35.5. The summed E-state index contributed by atoms with van der Waals surface area (Å²) >= 11 is 6.34. The van der Waals surface area contributed by atoms with Gasteiger partial charge in [0.05, 0.1) is 0 Å². The van der Waals surface area contributed by atoms with E-state index in [9.17, 15) is 0 Å². The van der Waals surface area contributed by atoms with E-state index in [-0.39, 0.29) is 0 Å². The summed E-state index contributed by atoms with van der Waals surface area (Å²) < 4.78 is 0. The lowest BCUT2D eigenvalue weighted by Gasteiger charge is -2.35. The fourth-order valence-electron chi connectivity index (χ4n) is 2.89. The number of rotatable bonds is 4. The van der Waals surface area contributed by atoms with Crippen molar-refractivity contribution in [1.82, 2.24) is 5.32 Å². The Morgan fingerprint density at radius 2 is 2.00 bits per heavy atom. The molecule has 1 aliphatic heterocycles. The third kappa shape index (κ3) is 3.64. The summed E-state index contributed by atoms with van der Waals surface area (Å²) in [7, 11) is 1.95. The van der Waals surface area contributed by atoms with Crippen molar-refractivity contribution in [2.75, 3.05) is 25.0 Å². The highest BCUT2D eigenvalue weighted by Gasteiger charge is 2.21. The fourth-order valence-corrected chi connectivity index (χ4v) is 3.13. The van der Waals surface area contributed by atoms with Crippen molar-refractivity contribution in [1.29, 1.82) is 0 Å². The van der Waals surface area contributed by atoms with E-state index < -0.39 is 0 Å². The van der Waals surface area contributed by atoms with Gasteiger partial charge >= 0.3 is 0 Å². The molecular weight excluding hydrogens is 256 g/mol. The summed E-state index contributed by atoms with van der Waals surface area (Å²) in [5.41, 5.74) is 2.44. The first kappa shape index (κ1) is 14.7. The largest absolute Gasteiger partial charge is 0.371 e. The van der Waals surface area contributed by atoms with Gasteiger partial charge < -0.3 is 10.2 Å². The topological polar surface area (TPSA) is 15.3 Å². The maximum absolute atomic E-state index is 6.34. The molecule has 19 heavy (non-hydrogen) atoms. The molecule has 3 heteroatoms. The molecule has 2 nitrogen and oxygen atoms in total. The van der Waals surface area contributed by atoms with Crippen LogP contribution in [0, 0.1) is 11.8 Å². The van der Waals surface area contributed by atoms with Crippen molar-refractivity contribution in [3.63, 3.8) is 0 Å². The zero-order chi connectivity index (χ0) is 13.8. The summed E-state index contributed by atoms with van der Waals surface area (Å²) in [4.78, 5) is 2.47. The third-order valence-electron chi connectivity index (χ3n) is 4.25. The first-order valence-electron chi connectivity index (χ1n) is 7.29. The van der Waals surface area contributed by atoms with Crippen LogP contribution in [0.25, 0.3) is 0 Å². The van der Waals surface area contributed by atoms with Gasteiger partial charge in [0.25, 0.3) is 0 Å². The van der Waals surface area contributed by atoms with Gasteiger partial charge in [-0.1, -0.05) is 31.5 Å². The number of benzene rings is 1. The highest BCUT2D eigenvalue weighted by Crippen LogP contribution is 2.30. The van der Waals surface area contributed by atoms with Crippen LogP contribution in [0.2, 0.25) is 5.02 Å². The molecule has 0 saturated carbocycles. The van der Waals surface area contributed by atoms with E-state index in [1.165, 1.54) is 24.1 Å². The zero-order valence-corrected chi connectivity index (χ0v) is 13.0. The van der Waals surface area contributed by atoms with Crippen LogP contribution in [0.15, 0.2) is 18.2 Å². The molecule has 106 valence electrons. The van der Waals surface area contributed by atoms with Crippen LogP contribution >= 0.6 is 11.6 Å². The molecule has 0 bridgehead atoms. The second-order valence-corrected chi connectivity index (χ2v) is 6.28. The molecular formula is C16H25ClN2. The van der Waals surface area contributed by atoms with Gasteiger partial charge in [0.1, 0.15) is 0 Å². The number of hydrogen-bond donors (Lipinski definition) is 1. The van der Waals surface area contributed by atoms with Crippen molar-refractivity contribution in [3.8, 4) is 0 Å². The van der Waals surface area contributed by atoms with E-state index in [0.717, 1.165) is 36.5 Å². The average molecular weight is 281 g/mol. The van der Waals surface area contributed by atoms with Gasteiger partial charge in [-0.05, 0) is 49.4 Å². The Morgan fingerprint density at radius 3 is 2.53 bits per heavy atom. The van der Waals surface area contributed by atoms with E-state index in [4.69, 9.17) is 11.6 Å². The third-order valence-corrected chi connectivity index (χ3v) is 4.60. The number of piperidine rings is 1. The summed E-state index contributed by atoms with van der Waals surface area (Å²) in [5.74, 6) is 1.69. The van der Waals surface area contributed by atoms with Gasteiger partial charge in [-0.2, -0.15) is 0 Å². The van der Waals surface area contributed by atoms with Gasteiger partial charge in [-0.15, -0.1) is 0 Å². The minimum Gasteiger partial charge on any atom is -0.371 e. The first-order valence-corrected chi connectivity index (χ1v) is 7.67. The molecule has 1 aliphatic rings. The molecule has 0 aliphatic carbocycles. The number of anilines is 1. The maximum Gasteiger partial charge on any atom is 0.0471 e. The molecule has 2 rings (SSSR count). The predicted octanol–water partition coefficient (Wildman–Crippen LogP) is 3.93. The van der Waals surface area contributed by atoms with Crippen LogP contribution in [0.3, 0.4) is 0 Å². The number of hydrogen-bond acceptors (Lipinski definition) is 2. The van der Waals surface area contributed by atoms with E-state index in [1.54, 1.807) is 0 Å². The quantitative estimate of drug-likeness (QED) is 0.899. The molecule has 1 N–H and O–H groups in total. The van der Waals surface area contributed by atoms with Crippen LogP contribution < -0.4 is 10.2 Å². The molecule has 1 aromatic rings. The minimum atomic E-state index is 0.809. The van der Waals surface area contributed by atoms with Gasteiger partial charge in [0.2, 0.25) is 0 Å². The van der Waals surface area contributed by atoms with Crippen molar-refractivity contribution < 1.29 is 0 Å². The molecule has 0 spiro atoms. The van der Waals surface area contributed by atoms with Crippen molar-refractivity contribution in [2.45, 2.75) is 33.2 Å². The van der Waals surface area contributed by atoms with E-state index in [2.05, 4.69) is 42.3 Å². The number of nitrogens with zero attached hydrogens (tertiary/aromatic N) is 1. The van der Waals surface area contributed by atoms with E-state index in [1.807, 2.05) is 7.05 Å². The van der Waals surface area contributed by atoms with Crippen molar-refractivity contribution in [2.24, 2.45) is 11.8 Å². The number of nitrogens with one attached hydrogen (secondary N) is 1. The molecule has 0 aromatic heterocycles. The molecule has 0 atom stereocenters. The Bertz CT molecular complexity index is 409. The second-order valence-electron chi connectivity index (χ2n) is 5.87. The molecule has 1 heterocycles. The van der Waals surface area contributed by atoms with Crippen molar-refractivity contribution >= 4 is 17.3 Å². The van der Waals surface area contributed by atoms with Crippen LogP contribution in [0.4, 0.5) is 5.69 Å². The summed E-state index contributed by atoms with van der Waals surface area (Å²) in [6.07, 6.45) is 2.60. The Morgan fingerprint density at radius 1 is 1.32 bits per heavy atom. The summed E-state index contributed by atoms with van der Waals surface area (Å²) in [5, 5.41) is 4.02. The maximum atomic E-state index is 6.34. The Balaban J connectivity index is 2.01. The van der Waals surface area contributed by atoms with Crippen molar-refractivity contribution in [3.05, 3.63) is 28.8 Å². The van der Waals surface area contributed by atoms with Gasteiger partial charge in [-0.25, -0.2) is 0 Å². The molecule has 1 fully saturated rings. The lowest BCUT2D eigenvalue weighted by Crippen LogP contribution is -2.35. The second kappa shape index (κ2) is 6.62. The molecule has 0 radical (unpaired) electrons.